The zero-order chi connectivity index (χ0) is 24.3. The molecule has 2 saturated heterocycles. The molecule has 188 valence electrons. The van der Waals surface area contributed by atoms with E-state index in [9.17, 15) is 14.7 Å². The highest BCUT2D eigenvalue weighted by Gasteiger charge is 2.46. The van der Waals surface area contributed by atoms with Crippen LogP contribution in [0, 0.1) is 23.7 Å². The third-order valence-electron chi connectivity index (χ3n) is 9.88. The van der Waals surface area contributed by atoms with Gasteiger partial charge in [0.2, 0.25) is 5.69 Å². The molecule has 1 N–H and O–H groups in total. The lowest BCUT2D eigenvalue weighted by Crippen LogP contribution is -2.59. The number of para-hydroxylation sites is 2. The molecule has 1 aromatic heterocycles. The van der Waals surface area contributed by atoms with Gasteiger partial charge < -0.3 is 9.67 Å². The molecule has 4 fully saturated rings. The zero-order valence-electron chi connectivity index (χ0n) is 21.1. The van der Waals surface area contributed by atoms with Crippen LogP contribution in [-0.4, -0.2) is 43.7 Å². The van der Waals surface area contributed by atoms with Gasteiger partial charge in [0.1, 0.15) is 0 Å². The second-order valence-corrected chi connectivity index (χ2v) is 12.3. The van der Waals surface area contributed by atoms with Crippen molar-refractivity contribution in [3.8, 4) is 0 Å². The first-order valence-electron chi connectivity index (χ1n) is 13.9. The maximum Gasteiger partial charge on any atom is 0.360 e. The number of carboxylic acids is 1. The third-order valence-corrected chi connectivity index (χ3v) is 9.88. The second kappa shape index (κ2) is 9.02. The van der Waals surface area contributed by atoms with E-state index >= 15 is 0 Å². The molecule has 1 aromatic carbocycles. The first-order valence-corrected chi connectivity index (χ1v) is 13.9. The number of aromatic carboxylic acids is 1. The van der Waals surface area contributed by atoms with Gasteiger partial charge in [-0.2, -0.15) is 0 Å². The molecule has 3 heterocycles. The second-order valence-electron chi connectivity index (χ2n) is 12.3. The quantitative estimate of drug-likeness (QED) is 0.629. The zero-order valence-corrected chi connectivity index (χ0v) is 21.1. The number of fused-ring (bicyclic) bond motifs is 5. The number of benzene rings is 1. The van der Waals surface area contributed by atoms with Gasteiger partial charge in [-0.25, -0.2) is 9.78 Å². The van der Waals surface area contributed by atoms with Crippen molar-refractivity contribution in [3.05, 3.63) is 40.3 Å². The summed E-state index contributed by atoms with van der Waals surface area (Å²) in [5.41, 5.74) is 0.568. The molecule has 4 bridgehead atoms. The molecule has 35 heavy (non-hydrogen) atoms. The van der Waals surface area contributed by atoms with Crippen molar-refractivity contribution in [1.82, 2.24) is 14.5 Å². The standard InChI is InChI=1S/C29H39N3O3/c1-17(2)20-11-18-10-19(12-20)14-23(13-18)31-21-6-5-7-22(31)16-24(15-21)32-26-9-4-3-8-25(26)30-27(28(32)33)29(34)35/h3-4,8-9,17-24H,5-7,10-16H2,1-2H3,(H,34,35). The Kier molecular flexibility index (Phi) is 5.98. The third kappa shape index (κ3) is 4.12. The molecule has 0 radical (unpaired) electrons. The van der Waals surface area contributed by atoms with Gasteiger partial charge in [0.25, 0.3) is 5.56 Å². The molecule has 2 aromatic rings. The van der Waals surface area contributed by atoms with E-state index in [0.717, 1.165) is 42.0 Å². The van der Waals surface area contributed by atoms with Crippen molar-refractivity contribution in [2.24, 2.45) is 23.7 Å². The Labute approximate surface area is 207 Å². The molecule has 6 nitrogen and oxygen atoms in total. The lowest BCUT2D eigenvalue weighted by molar-refractivity contribution is -0.0554. The smallest absolute Gasteiger partial charge is 0.360 e. The number of hydrogen-bond donors (Lipinski definition) is 1. The normalized spacial score (nSPS) is 35.3. The molecule has 2 aliphatic heterocycles. The minimum Gasteiger partial charge on any atom is -0.476 e. The van der Waals surface area contributed by atoms with Gasteiger partial charge in [-0.15, -0.1) is 0 Å². The van der Waals surface area contributed by atoms with Crippen LogP contribution in [0.15, 0.2) is 29.1 Å². The van der Waals surface area contributed by atoms with Crippen LogP contribution in [-0.2, 0) is 0 Å². The fourth-order valence-corrected chi connectivity index (χ4v) is 8.51. The molecular formula is C29H39N3O3. The number of hydrogen-bond acceptors (Lipinski definition) is 4. The van der Waals surface area contributed by atoms with Crippen molar-refractivity contribution >= 4 is 17.0 Å². The van der Waals surface area contributed by atoms with Crippen LogP contribution in [0.4, 0.5) is 0 Å². The lowest BCUT2D eigenvalue weighted by atomic mass is 9.63. The Balaban J connectivity index is 1.29. The van der Waals surface area contributed by atoms with Gasteiger partial charge in [-0.05, 0) is 93.6 Å². The highest BCUT2D eigenvalue weighted by atomic mass is 16.4. The molecule has 6 rings (SSSR count). The number of carbonyl (C=O) groups is 1. The van der Waals surface area contributed by atoms with Crippen LogP contribution < -0.4 is 5.56 Å². The summed E-state index contributed by atoms with van der Waals surface area (Å²) >= 11 is 0. The first-order chi connectivity index (χ1) is 16.9. The Hall–Kier alpha value is -2.21. The molecule has 4 aliphatic rings. The van der Waals surface area contributed by atoms with E-state index in [4.69, 9.17) is 0 Å². The van der Waals surface area contributed by atoms with Crippen molar-refractivity contribution in [3.63, 3.8) is 0 Å². The Morgan fingerprint density at radius 2 is 1.57 bits per heavy atom. The van der Waals surface area contributed by atoms with Crippen LogP contribution in [0.1, 0.15) is 94.6 Å². The first kappa shape index (κ1) is 23.2. The van der Waals surface area contributed by atoms with E-state index in [1.165, 1.54) is 51.4 Å². The van der Waals surface area contributed by atoms with Crippen LogP contribution in [0.5, 0.6) is 0 Å². The Morgan fingerprint density at radius 3 is 2.20 bits per heavy atom. The summed E-state index contributed by atoms with van der Waals surface area (Å²) in [6, 6.07) is 9.22. The highest BCUT2D eigenvalue weighted by molar-refractivity contribution is 5.88. The van der Waals surface area contributed by atoms with Crippen LogP contribution >= 0.6 is 0 Å². The van der Waals surface area contributed by atoms with Crippen molar-refractivity contribution < 1.29 is 9.90 Å². The van der Waals surface area contributed by atoms with E-state index in [1.54, 1.807) is 4.57 Å². The van der Waals surface area contributed by atoms with E-state index in [0.29, 0.717) is 23.6 Å². The van der Waals surface area contributed by atoms with Crippen LogP contribution in [0.25, 0.3) is 11.0 Å². The summed E-state index contributed by atoms with van der Waals surface area (Å²) in [4.78, 5) is 32.3. The molecule has 6 heteroatoms. The largest absolute Gasteiger partial charge is 0.476 e. The number of rotatable bonds is 4. The summed E-state index contributed by atoms with van der Waals surface area (Å²) in [5, 5.41) is 9.67. The number of piperidine rings is 2. The maximum atomic E-state index is 13.4. The van der Waals surface area contributed by atoms with E-state index in [2.05, 4.69) is 23.7 Å². The van der Waals surface area contributed by atoms with Crippen molar-refractivity contribution in [1.29, 1.82) is 0 Å². The maximum absolute atomic E-state index is 13.4. The topological polar surface area (TPSA) is 75.4 Å². The van der Waals surface area contributed by atoms with E-state index < -0.39 is 11.5 Å². The molecule has 4 unspecified atom stereocenters. The molecular weight excluding hydrogens is 438 g/mol. The SMILES string of the molecule is CC(C)C1CC2CC(C1)CC(N1C3CCCC1CC(n1c(=O)c(C(=O)O)nc4ccccc41)C3)C2. The summed E-state index contributed by atoms with van der Waals surface area (Å²) in [5.74, 6) is 2.23. The summed E-state index contributed by atoms with van der Waals surface area (Å²) < 4.78 is 1.79. The van der Waals surface area contributed by atoms with Gasteiger partial charge in [-0.1, -0.05) is 32.4 Å². The number of aromatic nitrogens is 2. The highest BCUT2D eigenvalue weighted by Crippen LogP contribution is 2.49. The molecule has 2 saturated carbocycles. The molecule has 2 aliphatic carbocycles. The van der Waals surface area contributed by atoms with Gasteiger partial charge in [0, 0.05) is 24.2 Å². The monoisotopic (exact) mass is 477 g/mol. The average Bonchev–Trinajstić information content (AvgIpc) is 2.82. The molecule has 0 spiro atoms. The predicted molar refractivity (Wildman–Crippen MR) is 137 cm³/mol. The minimum atomic E-state index is -1.24. The van der Waals surface area contributed by atoms with E-state index in [-0.39, 0.29) is 11.7 Å². The minimum absolute atomic E-state index is 0.0356. The van der Waals surface area contributed by atoms with Crippen molar-refractivity contribution in [2.45, 2.75) is 102 Å². The summed E-state index contributed by atoms with van der Waals surface area (Å²) in [7, 11) is 0. The molecule has 0 amide bonds. The Bertz CT molecular complexity index is 1150. The Morgan fingerprint density at radius 1 is 0.914 bits per heavy atom. The summed E-state index contributed by atoms with van der Waals surface area (Å²) in [6.07, 6.45) is 12.5. The number of carboxylic acid groups (broad SMARTS) is 1. The van der Waals surface area contributed by atoms with Gasteiger partial charge >= 0.3 is 5.97 Å². The van der Waals surface area contributed by atoms with Gasteiger partial charge in [0.05, 0.1) is 11.0 Å². The fraction of sp³-hybridized carbons (Fsp3) is 0.690. The lowest BCUT2D eigenvalue weighted by Gasteiger charge is -2.56. The average molecular weight is 478 g/mol. The number of nitrogens with zero attached hydrogens (tertiary/aromatic N) is 3. The van der Waals surface area contributed by atoms with Crippen molar-refractivity contribution in [2.75, 3.05) is 0 Å². The van der Waals surface area contributed by atoms with Crippen LogP contribution in [0.2, 0.25) is 0 Å². The van der Waals surface area contributed by atoms with Gasteiger partial charge in [0.15, 0.2) is 0 Å². The van der Waals surface area contributed by atoms with E-state index in [1.807, 2.05) is 24.3 Å². The summed E-state index contributed by atoms with van der Waals surface area (Å²) in [6.45, 7) is 4.80. The predicted octanol–water partition coefficient (Wildman–Crippen LogP) is 5.50. The van der Waals surface area contributed by atoms with Crippen LogP contribution in [0.3, 0.4) is 0 Å². The fourth-order valence-electron chi connectivity index (χ4n) is 8.51. The van der Waals surface area contributed by atoms with Gasteiger partial charge in [-0.3, -0.25) is 9.69 Å². The molecule has 4 atom stereocenters.